The van der Waals surface area contributed by atoms with E-state index in [1.807, 2.05) is 20.8 Å². The van der Waals surface area contributed by atoms with E-state index in [1.54, 1.807) is 17.4 Å². The van der Waals surface area contributed by atoms with Crippen LogP contribution >= 0.6 is 11.3 Å². The summed E-state index contributed by atoms with van der Waals surface area (Å²) in [5.74, 6) is 0. The van der Waals surface area contributed by atoms with Gasteiger partial charge in [0.25, 0.3) is 0 Å². The number of aromatic nitrogens is 1. The van der Waals surface area contributed by atoms with Gasteiger partial charge in [0.2, 0.25) is 0 Å². The van der Waals surface area contributed by atoms with E-state index in [-0.39, 0.29) is 0 Å². The lowest BCUT2D eigenvalue weighted by Crippen LogP contribution is -1.95. The zero-order valence-electron chi connectivity index (χ0n) is 8.70. The molecule has 76 valence electrons. The Morgan fingerprint density at radius 3 is 2.86 bits per heavy atom. The van der Waals surface area contributed by atoms with Gasteiger partial charge in [-0.15, -0.1) is 11.3 Å². The van der Waals surface area contributed by atoms with Crippen molar-refractivity contribution in [1.82, 2.24) is 4.98 Å². The van der Waals surface area contributed by atoms with Crippen LogP contribution in [0.4, 0.5) is 0 Å². The van der Waals surface area contributed by atoms with Crippen molar-refractivity contribution >= 4 is 17.0 Å². The molecule has 3 nitrogen and oxygen atoms in total. The van der Waals surface area contributed by atoms with Gasteiger partial charge in [0, 0.05) is 4.88 Å². The Kier molecular flexibility index (Phi) is 3.83. The molecule has 0 aliphatic rings. The van der Waals surface area contributed by atoms with E-state index in [9.17, 15) is 0 Å². The van der Waals surface area contributed by atoms with E-state index in [0.29, 0.717) is 6.61 Å². The second-order valence-corrected chi connectivity index (χ2v) is 4.12. The third kappa shape index (κ3) is 2.67. The van der Waals surface area contributed by atoms with Crippen molar-refractivity contribution in [2.24, 2.45) is 5.16 Å². The van der Waals surface area contributed by atoms with E-state index >= 15 is 0 Å². The molecule has 0 radical (unpaired) electrons. The molecule has 14 heavy (non-hydrogen) atoms. The fraction of sp³-hybridized carbons (Fsp3) is 0.400. The first-order chi connectivity index (χ1) is 6.65. The molecular formula is C10H14N2OS. The second-order valence-electron chi connectivity index (χ2n) is 2.92. The fourth-order valence-electron chi connectivity index (χ4n) is 0.853. The molecule has 0 saturated carbocycles. The van der Waals surface area contributed by atoms with Crippen molar-refractivity contribution < 1.29 is 4.84 Å². The molecule has 0 unspecified atom stereocenters. The molecular weight excluding hydrogens is 196 g/mol. The van der Waals surface area contributed by atoms with Crippen molar-refractivity contribution in [2.45, 2.75) is 20.8 Å². The van der Waals surface area contributed by atoms with Crippen molar-refractivity contribution in [3.8, 4) is 0 Å². The Hall–Kier alpha value is -1.16. The average molecular weight is 210 g/mol. The maximum Gasteiger partial charge on any atom is 0.141 e. The van der Waals surface area contributed by atoms with Gasteiger partial charge >= 0.3 is 0 Å². The zero-order chi connectivity index (χ0) is 10.6. The summed E-state index contributed by atoms with van der Waals surface area (Å²) in [5.41, 5.74) is 1.87. The molecule has 1 aromatic heterocycles. The highest BCUT2D eigenvalue weighted by molar-refractivity contribution is 7.13. The van der Waals surface area contributed by atoms with Crippen molar-refractivity contribution in [1.29, 1.82) is 0 Å². The van der Waals surface area contributed by atoms with Gasteiger partial charge in [0.15, 0.2) is 0 Å². The first kappa shape index (κ1) is 10.9. The third-order valence-electron chi connectivity index (χ3n) is 1.73. The number of aryl methyl sites for hydroxylation is 2. The Morgan fingerprint density at radius 1 is 1.64 bits per heavy atom. The van der Waals surface area contributed by atoms with Crippen LogP contribution in [0, 0.1) is 13.8 Å². The van der Waals surface area contributed by atoms with Crippen LogP contribution in [0.1, 0.15) is 22.5 Å². The minimum atomic E-state index is 0.431. The lowest BCUT2D eigenvalue weighted by atomic mass is 10.4. The van der Waals surface area contributed by atoms with Crippen LogP contribution in [0.3, 0.4) is 0 Å². The maximum atomic E-state index is 4.98. The summed E-state index contributed by atoms with van der Waals surface area (Å²) in [6, 6.07) is 0. The predicted molar refractivity (Wildman–Crippen MR) is 59.9 cm³/mol. The van der Waals surface area contributed by atoms with Crippen LogP contribution < -0.4 is 0 Å². The number of hydrogen-bond acceptors (Lipinski definition) is 4. The SMILES string of the molecule is C=CCO/N=C(/C)c1nc(C)c(C)s1. The molecule has 0 spiro atoms. The van der Waals surface area contributed by atoms with Gasteiger partial charge in [-0.2, -0.15) is 0 Å². The highest BCUT2D eigenvalue weighted by Gasteiger charge is 2.06. The molecule has 1 rings (SSSR count). The molecule has 0 N–H and O–H groups in total. The summed E-state index contributed by atoms with van der Waals surface area (Å²) in [6.07, 6.45) is 1.66. The monoisotopic (exact) mass is 210 g/mol. The van der Waals surface area contributed by atoms with E-state index in [4.69, 9.17) is 4.84 Å². The summed E-state index contributed by atoms with van der Waals surface area (Å²) in [7, 11) is 0. The molecule has 4 heteroatoms. The fourth-order valence-corrected chi connectivity index (χ4v) is 1.70. The molecule has 0 aliphatic heterocycles. The largest absolute Gasteiger partial charge is 0.391 e. The molecule has 1 aromatic rings. The van der Waals surface area contributed by atoms with Crippen molar-refractivity contribution in [2.75, 3.05) is 6.61 Å². The zero-order valence-corrected chi connectivity index (χ0v) is 9.52. The van der Waals surface area contributed by atoms with Gasteiger partial charge in [0.1, 0.15) is 17.3 Å². The van der Waals surface area contributed by atoms with Crippen LogP contribution in [0.15, 0.2) is 17.8 Å². The summed E-state index contributed by atoms with van der Waals surface area (Å²) < 4.78 is 0. The normalized spacial score (nSPS) is 11.5. The molecule has 0 saturated heterocycles. The topological polar surface area (TPSA) is 34.5 Å². The number of rotatable bonds is 4. The molecule has 0 aliphatic carbocycles. The second kappa shape index (κ2) is 4.91. The summed E-state index contributed by atoms with van der Waals surface area (Å²) in [6.45, 7) is 9.91. The van der Waals surface area contributed by atoms with Gasteiger partial charge < -0.3 is 4.84 Å². The lowest BCUT2D eigenvalue weighted by Gasteiger charge is -1.95. The third-order valence-corrected chi connectivity index (χ3v) is 2.91. The van der Waals surface area contributed by atoms with E-state index in [1.165, 1.54) is 4.88 Å². The first-order valence-corrected chi connectivity index (χ1v) is 5.18. The smallest absolute Gasteiger partial charge is 0.141 e. The molecule has 1 heterocycles. The Bertz CT molecular complexity index is 336. The Morgan fingerprint density at radius 2 is 2.36 bits per heavy atom. The average Bonchev–Trinajstić information content (AvgIpc) is 2.47. The van der Waals surface area contributed by atoms with Crippen LogP contribution in [-0.4, -0.2) is 17.3 Å². The Labute approximate surface area is 88.1 Å². The number of oxime groups is 1. The van der Waals surface area contributed by atoms with Gasteiger partial charge in [0.05, 0.1) is 5.69 Å². The Balaban J connectivity index is 2.73. The highest BCUT2D eigenvalue weighted by Crippen LogP contribution is 2.17. The summed E-state index contributed by atoms with van der Waals surface area (Å²) in [5, 5.41) is 4.85. The molecule has 0 fully saturated rings. The minimum Gasteiger partial charge on any atom is -0.391 e. The van der Waals surface area contributed by atoms with Gasteiger partial charge in [-0.25, -0.2) is 4.98 Å². The summed E-state index contributed by atoms with van der Waals surface area (Å²) >= 11 is 1.63. The first-order valence-electron chi connectivity index (χ1n) is 4.37. The number of thiazole rings is 1. The van der Waals surface area contributed by atoms with Gasteiger partial charge in [-0.1, -0.05) is 17.8 Å². The van der Waals surface area contributed by atoms with E-state index in [2.05, 4.69) is 16.7 Å². The molecule has 0 amide bonds. The predicted octanol–water partition coefficient (Wildman–Crippen LogP) is 2.69. The number of hydrogen-bond donors (Lipinski definition) is 0. The summed E-state index contributed by atoms with van der Waals surface area (Å²) in [4.78, 5) is 10.6. The van der Waals surface area contributed by atoms with Crippen LogP contribution in [0.5, 0.6) is 0 Å². The molecule has 0 aromatic carbocycles. The minimum absolute atomic E-state index is 0.431. The van der Waals surface area contributed by atoms with Crippen LogP contribution in [0.2, 0.25) is 0 Å². The van der Waals surface area contributed by atoms with Crippen LogP contribution in [-0.2, 0) is 4.84 Å². The van der Waals surface area contributed by atoms with E-state index in [0.717, 1.165) is 16.4 Å². The highest BCUT2D eigenvalue weighted by atomic mass is 32.1. The number of nitrogens with zero attached hydrogens (tertiary/aromatic N) is 2. The maximum absolute atomic E-state index is 4.98. The van der Waals surface area contributed by atoms with E-state index < -0.39 is 0 Å². The molecule has 0 atom stereocenters. The molecule has 0 bridgehead atoms. The van der Waals surface area contributed by atoms with Crippen LogP contribution in [0.25, 0.3) is 0 Å². The van der Waals surface area contributed by atoms with Gasteiger partial charge in [-0.3, -0.25) is 0 Å². The standard InChI is InChI=1S/C10H14N2OS/c1-5-6-13-12-8(3)10-11-7(2)9(4)14-10/h5H,1,6H2,2-4H3/b12-8-. The lowest BCUT2D eigenvalue weighted by molar-refractivity contribution is 0.175. The van der Waals surface area contributed by atoms with Crippen molar-refractivity contribution in [3.63, 3.8) is 0 Å². The quantitative estimate of drug-likeness (QED) is 0.331. The van der Waals surface area contributed by atoms with Crippen molar-refractivity contribution in [3.05, 3.63) is 28.2 Å². The van der Waals surface area contributed by atoms with Gasteiger partial charge in [-0.05, 0) is 20.8 Å².